The molecule has 0 amide bonds. The second-order valence-electron chi connectivity index (χ2n) is 4.00. The molecule has 1 fully saturated rings. The highest BCUT2D eigenvalue weighted by Gasteiger charge is 2.30. The lowest BCUT2D eigenvalue weighted by molar-refractivity contribution is 0.581. The SMILES string of the molecule is CC(C)c1nc(Cl)c(F)c(C2CC2)n1. The van der Waals surface area contributed by atoms with Gasteiger partial charge in [0.25, 0.3) is 0 Å². The van der Waals surface area contributed by atoms with Gasteiger partial charge in [0.15, 0.2) is 11.0 Å². The molecule has 1 aliphatic carbocycles. The van der Waals surface area contributed by atoms with Crippen LogP contribution in [-0.4, -0.2) is 9.97 Å². The Morgan fingerprint density at radius 2 is 2.00 bits per heavy atom. The molecule has 2 nitrogen and oxygen atoms in total. The van der Waals surface area contributed by atoms with E-state index in [1.807, 2.05) is 13.8 Å². The quantitative estimate of drug-likeness (QED) is 0.707. The summed E-state index contributed by atoms with van der Waals surface area (Å²) in [5, 5.41) is -0.0365. The van der Waals surface area contributed by atoms with Gasteiger partial charge in [-0.15, -0.1) is 0 Å². The van der Waals surface area contributed by atoms with Gasteiger partial charge in [-0.25, -0.2) is 14.4 Å². The lowest BCUT2D eigenvalue weighted by Gasteiger charge is -2.07. The molecular formula is C10H12ClFN2. The van der Waals surface area contributed by atoms with Gasteiger partial charge in [-0.05, 0) is 12.8 Å². The van der Waals surface area contributed by atoms with Crippen molar-refractivity contribution in [3.63, 3.8) is 0 Å². The maximum absolute atomic E-state index is 13.5. The second kappa shape index (κ2) is 3.46. The number of hydrogen-bond acceptors (Lipinski definition) is 2. The molecule has 0 unspecified atom stereocenters. The molecule has 4 heteroatoms. The van der Waals surface area contributed by atoms with Crippen LogP contribution in [0.1, 0.15) is 50.0 Å². The third-order valence-electron chi connectivity index (χ3n) is 2.33. The third-order valence-corrected chi connectivity index (χ3v) is 2.58. The van der Waals surface area contributed by atoms with Crippen molar-refractivity contribution in [2.45, 2.75) is 38.5 Å². The average Bonchev–Trinajstić information content (AvgIpc) is 2.92. The van der Waals surface area contributed by atoms with Crippen LogP contribution < -0.4 is 0 Å². The summed E-state index contributed by atoms with van der Waals surface area (Å²) in [6, 6.07) is 0. The van der Waals surface area contributed by atoms with Gasteiger partial charge in [-0.3, -0.25) is 0 Å². The lowest BCUT2D eigenvalue weighted by Crippen LogP contribution is -2.04. The van der Waals surface area contributed by atoms with E-state index < -0.39 is 5.82 Å². The standard InChI is InChI=1S/C10H12ClFN2/c1-5(2)10-13-8(6-3-4-6)7(12)9(11)14-10/h5-6H,3-4H2,1-2H3. The highest BCUT2D eigenvalue weighted by molar-refractivity contribution is 6.29. The molecule has 1 saturated carbocycles. The molecule has 1 aliphatic rings. The number of rotatable bonds is 2. The molecule has 76 valence electrons. The van der Waals surface area contributed by atoms with Crippen molar-refractivity contribution in [2.75, 3.05) is 0 Å². The monoisotopic (exact) mass is 214 g/mol. The molecule has 0 atom stereocenters. The lowest BCUT2D eigenvalue weighted by atomic mass is 10.2. The Bertz CT molecular complexity index is 361. The number of aromatic nitrogens is 2. The maximum atomic E-state index is 13.5. The Balaban J connectivity index is 2.46. The van der Waals surface area contributed by atoms with Crippen molar-refractivity contribution >= 4 is 11.6 Å². The Kier molecular flexibility index (Phi) is 2.43. The van der Waals surface area contributed by atoms with Crippen LogP contribution in [0.5, 0.6) is 0 Å². The molecule has 0 radical (unpaired) electrons. The summed E-state index contributed by atoms with van der Waals surface area (Å²) in [6.45, 7) is 3.94. The van der Waals surface area contributed by atoms with E-state index in [1.54, 1.807) is 0 Å². The first kappa shape index (κ1) is 9.84. The first-order chi connectivity index (χ1) is 6.59. The Hall–Kier alpha value is -0.700. The van der Waals surface area contributed by atoms with Gasteiger partial charge in [0.2, 0.25) is 0 Å². The fraction of sp³-hybridized carbons (Fsp3) is 0.600. The zero-order valence-corrected chi connectivity index (χ0v) is 8.98. The van der Waals surface area contributed by atoms with Gasteiger partial charge in [0.05, 0.1) is 5.69 Å². The van der Waals surface area contributed by atoms with Crippen molar-refractivity contribution in [1.29, 1.82) is 0 Å². The molecular weight excluding hydrogens is 203 g/mol. The third kappa shape index (κ3) is 1.73. The van der Waals surface area contributed by atoms with E-state index in [-0.39, 0.29) is 17.0 Å². The van der Waals surface area contributed by atoms with E-state index in [2.05, 4.69) is 9.97 Å². The van der Waals surface area contributed by atoms with Crippen molar-refractivity contribution in [2.24, 2.45) is 0 Å². The van der Waals surface area contributed by atoms with Crippen molar-refractivity contribution in [3.8, 4) is 0 Å². The summed E-state index contributed by atoms with van der Waals surface area (Å²) in [7, 11) is 0. The molecule has 1 heterocycles. The van der Waals surface area contributed by atoms with E-state index in [0.717, 1.165) is 12.8 Å². The van der Waals surface area contributed by atoms with Gasteiger partial charge in [-0.2, -0.15) is 0 Å². The van der Waals surface area contributed by atoms with E-state index in [4.69, 9.17) is 11.6 Å². The molecule has 1 aromatic rings. The molecule has 0 spiro atoms. The van der Waals surface area contributed by atoms with Gasteiger partial charge < -0.3 is 0 Å². The normalized spacial score (nSPS) is 16.4. The summed E-state index contributed by atoms with van der Waals surface area (Å²) in [4.78, 5) is 8.15. The van der Waals surface area contributed by atoms with E-state index in [0.29, 0.717) is 11.5 Å². The van der Waals surface area contributed by atoms with Crippen LogP contribution in [0.2, 0.25) is 5.15 Å². The highest BCUT2D eigenvalue weighted by atomic mass is 35.5. The molecule has 0 bridgehead atoms. The first-order valence-corrected chi connectivity index (χ1v) is 5.20. The summed E-state index contributed by atoms with van der Waals surface area (Å²) < 4.78 is 13.5. The predicted molar refractivity (Wildman–Crippen MR) is 53.1 cm³/mol. The Labute approximate surface area is 87.5 Å². The molecule has 2 rings (SSSR count). The largest absolute Gasteiger partial charge is 0.234 e. The van der Waals surface area contributed by atoms with Gasteiger partial charge in [0, 0.05) is 11.8 Å². The first-order valence-electron chi connectivity index (χ1n) is 4.82. The van der Waals surface area contributed by atoms with Crippen molar-refractivity contribution < 1.29 is 4.39 Å². The van der Waals surface area contributed by atoms with Crippen LogP contribution >= 0.6 is 11.6 Å². The van der Waals surface area contributed by atoms with E-state index in [1.165, 1.54) is 0 Å². The Morgan fingerprint density at radius 1 is 1.36 bits per heavy atom. The Morgan fingerprint density at radius 3 is 2.50 bits per heavy atom. The van der Waals surface area contributed by atoms with Crippen LogP contribution in [0, 0.1) is 5.82 Å². The molecule has 0 saturated heterocycles. The number of nitrogens with zero attached hydrogens (tertiary/aromatic N) is 2. The van der Waals surface area contributed by atoms with Gasteiger partial charge in [-0.1, -0.05) is 25.4 Å². The topological polar surface area (TPSA) is 25.8 Å². The second-order valence-corrected chi connectivity index (χ2v) is 4.36. The molecule has 0 N–H and O–H groups in total. The minimum atomic E-state index is -0.432. The highest BCUT2D eigenvalue weighted by Crippen LogP contribution is 2.41. The minimum absolute atomic E-state index is 0.0365. The number of hydrogen-bond donors (Lipinski definition) is 0. The zero-order chi connectivity index (χ0) is 10.3. The van der Waals surface area contributed by atoms with Crippen molar-refractivity contribution in [3.05, 3.63) is 22.5 Å². The molecule has 1 aromatic heterocycles. The van der Waals surface area contributed by atoms with Crippen LogP contribution in [0.3, 0.4) is 0 Å². The van der Waals surface area contributed by atoms with Crippen LogP contribution in [0.4, 0.5) is 4.39 Å². The fourth-order valence-corrected chi connectivity index (χ4v) is 1.52. The average molecular weight is 215 g/mol. The van der Waals surface area contributed by atoms with Crippen LogP contribution in [0.15, 0.2) is 0 Å². The van der Waals surface area contributed by atoms with Crippen LogP contribution in [0.25, 0.3) is 0 Å². The summed E-state index contributed by atoms with van der Waals surface area (Å²) in [5.74, 6) is 0.662. The van der Waals surface area contributed by atoms with E-state index in [9.17, 15) is 4.39 Å². The fourth-order valence-electron chi connectivity index (χ4n) is 1.34. The van der Waals surface area contributed by atoms with Crippen molar-refractivity contribution in [1.82, 2.24) is 9.97 Å². The van der Waals surface area contributed by atoms with Gasteiger partial charge >= 0.3 is 0 Å². The summed E-state index contributed by atoms with van der Waals surface area (Å²) >= 11 is 5.71. The minimum Gasteiger partial charge on any atom is -0.234 e. The van der Waals surface area contributed by atoms with Gasteiger partial charge in [0.1, 0.15) is 5.82 Å². The number of halogens is 2. The molecule has 0 aliphatic heterocycles. The summed E-state index contributed by atoms with van der Waals surface area (Å²) in [5.41, 5.74) is 0.508. The maximum Gasteiger partial charge on any atom is 0.182 e. The summed E-state index contributed by atoms with van der Waals surface area (Å²) in [6.07, 6.45) is 2.03. The van der Waals surface area contributed by atoms with Crippen LogP contribution in [-0.2, 0) is 0 Å². The van der Waals surface area contributed by atoms with E-state index >= 15 is 0 Å². The zero-order valence-electron chi connectivity index (χ0n) is 8.22. The smallest absolute Gasteiger partial charge is 0.182 e. The molecule has 0 aromatic carbocycles. The molecule has 14 heavy (non-hydrogen) atoms. The predicted octanol–water partition coefficient (Wildman–Crippen LogP) is 3.27.